The maximum Gasteiger partial charge on any atom is 0.324 e. The minimum absolute atomic E-state index is 0.000110. The van der Waals surface area contributed by atoms with E-state index < -0.39 is 46.7 Å². The number of phenols is 1. The van der Waals surface area contributed by atoms with Crippen molar-refractivity contribution in [1.29, 1.82) is 0 Å². The Morgan fingerprint density at radius 1 is 1.06 bits per heavy atom. The maximum absolute atomic E-state index is 14.8. The number of amides is 4. The fourth-order valence-corrected chi connectivity index (χ4v) is 10.8. The van der Waals surface area contributed by atoms with Crippen LogP contribution in [0.3, 0.4) is 0 Å². The Morgan fingerprint density at radius 3 is 2.54 bits per heavy atom. The molecule has 3 fully saturated rings. The predicted molar refractivity (Wildman–Crippen MR) is 267 cm³/mol. The SMILES string of the molecule is CCn1c(-c2cccnc2[C@H](C)OC)c2c3cc(ccc31)-c1cc(O)cc(c1)C[C@H](NC(=O)[C@H](C(C)C)N1CCC3(CN(C(=O)/C=C/CN(C)C)C3)C1=O)C(=O)N1CCC[C@H](N1)C(=O)OCC(C)(C)C2. The minimum Gasteiger partial charge on any atom is -0.508 e. The highest BCUT2D eigenvalue weighted by Gasteiger charge is 2.57. The number of nitrogens with one attached hydrogen (secondary N) is 2. The zero-order valence-corrected chi connectivity index (χ0v) is 42.2. The van der Waals surface area contributed by atoms with E-state index >= 15 is 0 Å². The van der Waals surface area contributed by atoms with Gasteiger partial charge in [0.15, 0.2) is 0 Å². The molecule has 374 valence electrons. The molecule has 3 N–H and O–H groups in total. The molecule has 2 aromatic carbocycles. The van der Waals surface area contributed by atoms with Crippen molar-refractivity contribution in [2.24, 2.45) is 16.7 Å². The van der Waals surface area contributed by atoms with E-state index in [1.165, 1.54) is 5.01 Å². The third-order valence-corrected chi connectivity index (χ3v) is 14.5. The number of ether oxygens (including phenoxy) is 2. The molecule has 4 aromatic rings. The Hall–Kier alpha value is -6.10. The second-order valence-corrected chi connectivity index (χ2v) is 21.1. The number of aromatic nitrogens is 2. The smallest absolute Gasteiger partial charge is 0.324 e. The maximum atomic E-state index is 14.8. The van der Waals surface area contributed by atoms with Gasteiger partial charge in [-0.1, -0.05) is 45.9 Å². The van der Waals surface area contributed by atoms with Crippen LogP contribution in [-0.4, -0.2) is 143 Å². The molecule has 4 atom stereocenters. The molecular weight excluding hydrogens is 889 g/mol. The molecule has 16 nitrogen and oxygen atoms in total. The van der Waals surface area contributed by atoms with Gasteiger partial charge in [0.1, 0.15) is 23.9 Å². The van der Waals surface area contributed by atoms with Gasteiger partial charge in [-0.05, 0) is 118 Å². The summed E-state index contributed by atoms with van der Waals surface area (Å²) in [6, 6.07) is 12.6. The zero-order chi connectivity index (χ0) is 50.2. The van der Waals surface area contributed by atoms with Crippen LogP contribution in [0.15, 0.2) is 66.9 Å². The lowest BCUT2D eigenvalue weighted by Crippen LogP contribution is -2.64. The highest BCUT2D eigenvalue weighted by atomic mass is 16.5. The monoisotopic (exact) mass is 959 g/mol. The van der Waals surface area contributed by atoms with E-state index in [-0.39, 0.29) is 62.2 Å². The summed E-state index contributed by atoms with van der Waals surface area (Å²) in [6.07, 6.45) is 6.83. The fourth-order valence-electron chi connectivity index (χ4n) is 10.8. The lowest BCUT2D eigenvalue weighted by molar-refractivity contribution is -0.156. The average Bonchev–Trinajstić information content (AvgIpc) is 3.81. The Morgan fingerprint density at radius 2 is 1.83 bits per heavy atom. The number of cyclic esters (lactones) is 1. The number of hydrazine groups is 1. The van der Waals surface area contributed by atoms with E-state index in [1.54, 1.807) is 47.4 Å². The van der Waals surface area contributed by atoms with Crippen LogP contribution in [0.2, 0.25) is 0 Å². The van der Waals surface area contributed by atoms with E-state index in [0.717, 1.165) is 44.5 Å². The number of phenolic OH excluding ortho intramolecular Hbond substituents is 1. The molecule has 6 heterocycles. The number of aryl methyl sites for hydroxylation is 1. The fraction of sp³-hybridized carbons (Fsp3) is 0.519. The first-order valence-electron chi connectivity index (χ1n) is 24.8. The number of likely N-dealkylation sites (N-methyl/N-ethyl adjacent to an activating group) is 1. The van der Waals surface area contributed by atoms with Crippen molar-refractivity contribution in [3.63, 3.8) is 0 Å². The molecular formula is C54H70N8O8. The van der Waals surface area contributed by atoms with E-state index in [2.05, 4.69) is 54.3 Å². The molecule has 0 aliphatic carbocycles. The van der Waals surface area contributed by atoms with Crippen molar-refractivity contribution in [2.75, 3.05) is 60.5 Å². The molecule has 2 aromatic heterocycles. The van der Waals surface area contributed by atoms with Crippen LogP contribution in [0, 0.1) is 16.7 Å². The first-order valence-corrected chi connectivity index (χ1v) is 24.8. The number of carbonyl (C=O) groups excluding carboxylic acids is 5. The third kappa shape index (κ3) is 10.1. The molecule has 8 rings (SSSR count). The van der Waals surface area contributed by atoms with E-state index in [9.17, 15) is 29.1 Å². The Labute approximate surface area is 411 Å². The van der Waals surface area contributed by atoms with Gasteiger partial charge in [-0.25, -0.2) is 5.43 Å². The van der Waals surface area contributed by atoms with Gasteiger partial charge in [0.05, 0.1) is 29.5 Å². The molecule has 0 radical (unpaired) electrons. The van der Waals surface area contributed by atoms with Crippen molar-refractivity contribution in [3.8, 4) is 28.1 Å². The van der Waals surface area contributed by atoms with E-state index in [4.69, 9.17) is 14.5 Å². The molecule has 4 aliphatic rings. The normalized spacial score (nSPS) is 21.4. The number of esters is 1. The number of likely N-dealkylation sites (tertiary alicyclic amines) is 2. The Balaban J connectivity index is 1.16. The summed E-state index contributed by atoms with van der Waals surface area (Å²) < 4.78 is 14.2. The van der Waals surface area contributed by atoms with Crippen molar-refractivity contribution in [1.82, 2.24) is 40.0 Å². The summed E-state index contributed by atoms with van der Waals surface area (Å²) in [5, 5.41) is 16.8. The average molecular weight is 959 g/mol. The second kappa shape index (κ2) is 20.3. The highest BCUT2D eigenvalue weighted by molar-refractivity contribution is 5.98. The molecule has 4 aliphatic heterocycles. The van der Waals surface area contributed by atoms with Gasteiger partial charge in [0.25, 0.3) is 5.91 Å². The molecule has 6 bridgehead atoms. The molecule has 0 saturated carbocycles. The number of fused-ring (bicyclic) bond motifs is 6. The van der Waals surface area contributed by atoms with Crippen LogP contribution in [0.4, 0.5) is 0 Å². The van der Waals surface area contributed by atoms with E-state index in [1.807, 2.05) is 58.0 Å². The van der Waals surface area contributed by atoms with E-state index in [0.29, 0.717) is 50.9 Å². The summed E-state index contributed by atoms with van der Waals surface area (Å²) in [7, 11) is 5.51. The molecule has 4 amide bonds. The van der Waals surface area contributed by atoms with Crippen molar-refractivity contribution < 1.29 is 38.6 Å². The van der Waals surface area contributed by atoms with Crippen molar-refractivity contribution in [2.45, 2.75) is 104 Å². The van der Waals surface area contributed by atoms with Crippen LogP contribution in [-0.2, 0) is 52.8 Å². The van der Waals surface area contributed by atoms with Crippen LogP contribution in [0.1, 0.15) is 83.7 Å². The van der Waals surface area contributed by atoms with Gasteiger partial charge >= 0.3 is 5.97 Å². The summed E-state index contributed by atoms with van der Waals surface area (Å²) >= 11 is 0. The van der Waals surface area contributed by atoms with Crippen LogP contribution >= 0.6 is 0 Å². The molecule has 3 saturated heterocycles. The number of hydrogen-bond acceptors (Lipinski definition) is 11. The zero-order valence-electron chi connectivity index (χ0n) is 42.2. The minimum atomic E-state index is -1.15. The number of pyridine rings is 1. The number of benzene rings is 2. The number of methoxy groups -OCH3 is 1. The van der Waals surface area contributed by atoms with Crippen molar-refractivity contribution >= 4 is 40.5 Å². The lowest BCUT2D eigenvalue weighted by Gasteiger charge is -2.46. The number of aromatic hydroxyl groups is 1. The molecule has 1 spiro atoms. The van der Waals surface area contributed by atoms with Crippen LogP contribution in [0.5, 0.6) is 5.75 Å². The second-order valence-electron chi connectivity index (χ2n) is 21.1. The topological polar surface area (TPSA) is 179 Å². The number of nitrogens with zero attached hydrogens (tertiary/aromatic N) is 6. The molecule has 70 heavy (non-hydrogen) atoms. The van der Waals surface area contributed by atoms with Gasteiger partial charge in [-0.3, -0.25) is 34.0 Å². The Kier molecular flexibility index (Phi) is 14.6. The number of rotatable bonds is 11. The Bertz CT molecular complexity index is 2680. The van der Waals surface area contributed by atoms with Gasteiger partial charge < -0.3 is 39.2 Å². The third-order valence-electron chi connectivity index (χ3n) is 14.5. The molecule has 16 heteroatoms. The highest BCUT2D eigenvalue weighted by Crippen LogP contribution is 2.44. The lowest BCUT2D eigenvalue weighted by atomic mass is 9.78. The van der Waals surface area contributed by atoms with Gasteiger partial charge in [0.2, 0.25) is 17.7 Å². The van der Waals surface area contributed by atoms with Crippen molar-refractivity contribution in [3.05, 3.63) is 83.7 Å². The summed E-state index contributed by atoms with van der Waals surface area (Å²) in [4.78, 5) is 80.8. The largest absolute Gasteiger partial charge is 0.508 e. The number of carbonyl (C=O) groups is 5. The summed E-state index contributed by atoms with van der Waals surface area (Å²) in [6.45, 7) is 14.6. The standard InChI is InChI=1S/C54H70N8O8/c1-10-60-44-18-17-36-28-40(44)41(48(60)39-14-11-20-55-46(39)34(4)69-9)29-53(5,6)32-70-51(67)42-15-12-22-62(57-42)50(66)43(26-35-24-37(36)27-38(63)25-35)56-49(65)47(33(2)3)61-23-19-54(52(61)68)30-59(31-54)45(64)16-13-21-58(7)8/h11,13-14,16-18,20,24-25,27-28,33-34,42-43,47,57,63H,10,12,15,19,21-23,26,29-32H2,1-9H3,(H,56,65)/b16-13+/t34-,42-,43-,47-/m0/s1. The molecule has 0 unspecified atom stereocenters. The quantitative estimate of drug-likeness (QED) is 0.125. The summed E-state index contributed by atoms with van der Waals surface area (Å²) in [5.74, 6) is -2.07. The first-order chi connectivity index (χ1) is 33.3. The van der Waals surface area contributed by atoms with Gasteiger partial charge in [0, 0.05) is 87.0 Å². The number of hydrogen-bond donors (Lipinski definition) is 3. The van der Waals surface area contributed by atoms with Crippen LogP contribution < -0.4 is 10.7 Å². The predicted octanol–water partition coefficient (Wildman–Crippen LogP) is 5.65. The first kappa shape index (κ1) is 50.3. The van der Waals surface area contributed by atoms with Crippen LogP contribution in [0.25, 0.3) is 33.3 Å². The van der Waals surface area contributed by atoms with Gasteiger partial charge in [-0.2, -0.15) is 0 Å². The summed E-state index contributed by atoms with van der Waals surface area (Å²) in [5.41, 5.74) is 8.82. The van der Waals surface area contributed by atoms with Gasteiger partial charge in [-0.15, -0.1) is 0 Å².